The number of hydrogen-bond donors (Lipinski definition) is 1. The average Bonchev–Trinajstić information content (AvgIpc) is 2.46. The van der Waals surface area contributed by atoms with Gasteiger partial charge in [0.05, 0.1) is 18.8 Å². The lowest BCUT2D eigenvalue weighted by atomic mass is 10.1. The molecule has 1 fully saturated rings. The van der Waals surface area contributed by atoms with Crippen LogP contribution in [0.4, 0.5) is 4.39 Å². The van der Waals surface area contributed by atoms with Crippen molar-refractivity contribution < 1.29 is 18.7 Å². The standard InChI is InChI=1S/C13H15FN2O3/c1-15-12(17)11-8-19-7-6-16(11)13(18)9-4-2-3-5-10(9)14/h2-5,11H,6-8H2,1H3,(H,15,17). The Morgan fingerprint density at radius 2 is 2.16 bits per heavy atom. The van der Waals surface area contributed by atoms with Crippen LogP contribution in [0.1, 0.15) is 10.4 Å². The highest BCUT2D eigenvalue weighted by atomic mass is 19.1. The van der Waals surface area contributed by atoms with Crippen LogP contribution in [-0.4, -0.2) is 49.6 Å². The van der Waals surface area contributed by atoms with Crippen molar-refractivity contribution in [3.8, 4) is 0 Å². The molecule has 0 radical (unpaired) electrons. The monoisotopic (exact) mass is 266 g/mol. The summed E-state index contributed by atoms with van der Waals surface area (Å²) in [4.78, 5) is 25.4. The maximum atomic E-state index is 13.6. The number of likely N-dealkylation sites (N-methyl/N-ethyl adjacent to an activating group) is 1. The Morgan fingerprint density at radius 1 is 1.42 bits per heavy atom. The normalized spacial score (nSPS) is 19.1. The van der Waals surface area contributed by atoms with Crippen LogP contribution >= 0.6 is 0 Å². The van der Waals surface area contributed by atoms with Gasteiger partial charge in [0.25, 0.3) is 5.91 Å². The van der Waals surface area contributed by atoms with Gasteiger partial charge in [0.1, 0.15) is 11.9 Å². The zero-order chi connectivity index (χ0) is 13.8. The van der Waals surface area contributed by atoms with E-state index in [0.717, 1.165) is 0 Å². The van der Waals surface area contributed by atoms with E-state index in [-0.39, 0.29) is 24.6 Å². The van der Waals surface area contributed by atoms with Gasteiger partial charge in [-0.15, -0.1) is 0 Å². The highest BCUT2D eigenvalue weighted by Crippen LogP contribution is 2.15. The van der Waals surface area contributed by atoms with Gasteiger partial charge in [0.15, 0.2) is 0 Å². The second-order valence-electron chi connectivity index (χ2n) is 4.18. The number of carbonyl (C=O) groups is 2. The lowest BCUT2D eigenvalue weighted by Crippen LogP contribution is -2.55. The minimum Gasteiger partial charge on any atom is -0.377 e. The SMILES string of the molecule is CNC(=O)C1COCCN1C(=O)c1ccccc1F. The second-order valence-corrected chi connectivity index (χ2v) is 4.18. The minimum absolute atomic E-state index is 0.0293. The van der Waals surface area contributed by atoms with Gasteiger partial charge in [-0.25, -0.2) is 4.39 Å². The fourth-order valence-electron chi connectivity index (χ4n) is 2.02. The fraction of sp³-hybridized carbons (Fsp3) is 0.385. The summed E-state index contributed by atoms with van der Waals surface area (Å²) in [5.41, 5.74) is -0.0293. The van der Waals surface area contributed by atoms with Gasteiger partial charge in [-0.05, 0) is 12.1 Å². The molecule has 1 unspecified atom stereocenters. The van der Waals surface area contributed by atoms with Crippen LogP contribution in [0.2, 0.25) is 0 Å². The molecule has 2 amide bonds. The average molecular weight is 266 g/mol. The van der Waals surface area contributed by atoms with Crippen molar-refractivity contribution >= 4 is 11.8 Å². The Balaban J connectivity index is 2.25. The van der Waals surface area contributed by atoms with Crippen LogP contribution < -0.4 is 5.32 Å². The summed E-state index contributed by atoms with van der Waals surface area (Å²) in [7, 11) is 1.49. The summed E-state index contributed by atoms with van der Waals surface area (Å²) in [5, 5.41) is 2.48. The highest BCUT2D eigenvalue weighted by molar-refractivity contribution is 5.97. The molecule has 0 aromatic heterocycles. The second kappa shape index (κ2) is 5.79. The Hall–Kier alpha value is -1.95. The molecular weight excluding hydrogens is 251 g/mol. The van der Waals surface area contributed by atoms with Gasteiger partial charge in [-0.2, -0.15) is 0 Å². The van der Waals surface area contributed by atoms with Crippen LogP contribution in [0.25, 0.3) is 0 Å². The molecule has 0 saturated carbocycles. The predicted molar refractivity (Wildman–Crippen MR) is 66.1 cm³/mol. The predicted octanol–water partition coefficient (Wildman–Crippen LogP) is 0.413. The third-order valence-electron chi connectivity index (χ3n) is 3.04. The molecule has 0 spiro atoms. The number of carbonyl (C=O) groups excluding carboxylic acids is 2. The maximum Gasteiger partial charge on any atom is 0.257 e. The molecule has 102 valence electrons. The van der Waals surface area contributed by atoms with Crippen LogP contribution in [0.15, 0.2) is 24.3 Å². The lowest BCUT2D eigenvalue weighted by molar-refractivity contribution is -0.130. The zero-order valence-electron chi connectivity index (χ0n) is 10.6. The molecule has 0 bridgehead atoms. The van der Waals surface area contributed by atoms with Crippen molar-refractivity contribution in [1.29, 1.82) is 0 Å². The number of nitrogens with zero attached hydrogens (tertiary/aromatic N) is 1. The van der Waals surface area contributed by atoms with Gasteiger partial charge in [-0.3, -0.25) is 9.59 Å². The first-order chi connectivity index (χ1) is 9.15. The molecule has 1 aliphatic rings. The van der Waals surface area contributed by atoms with Crippen molar-refractivity contribution in [3.05, 3.63) is 35.6 Å². The minimum atomic E-state index is -0.717. The smallest absolute Gasteiger partial charge is 0.257 e. The summed E-state index contributed by atoms with van der Waals surface area (Å²) >= 11 is 0. The maximum absolute atomic E-state index is 13.6. The van der Waals surface area contributed by atoms with E-state index in [9.17, 15) is 14.0 Å². The molecule has 1 aromatic rings. The first kappa shape index (κ1) is 13.5. The molecule has 2 rings (SSSR count). The largest absolute Gasteiger partial charge is 0.377 e. The summed E-state index contributed by atoms with van der Waals surface area (Å²) in [6, 6.07) is 5.02. The third kappa shape index (κ3) is 2.73. The van der Waals surface area contributed by atoms with Gasteiger partial charge in [-0.1, -0.05) is 12.1 Å². The number of nitrogens with one attached hydrogen (secondary N) is 1. The van der Waals surface area contributed by atoms with Crippen molar-refractivity contribution in [1.82, 2.24) is 10.2 Å². The highest BCUT2D eigenvalue weighted by Gasteiger charge is 2.33. The Labute approximate surface area is 110 Å². The van der Waals surface area contributed by atoms with Crippen LogP contribution in [0.3, 0.4) is 0 Å². The van der Waals surface area contributed by atoms with E-state index in [4.69, 9.17) is 4.74 Å². The first-order valence-electron chi connectivity index (χ1n) is 6.00. The Kier molecular flexibility index (Phi) is 4.11. The number of rotatable bonds is 2. The molecule has 5 nitrogen and oxygen atoms in total. The summed E-state index contributed by atoms with van der Waals surface area (Å²) in [5.74, 6) is -1.39. The number of ether oxygens (including phenoxy) is 1. The third-order valence-corrected chi connectivity index (χ3v) is 3.04. The Morgan fingerprint density at radius 3 is 2.84 bits per heavy atom. The zero-order valence-corrected chi connectivity index (χ0v) is 10.6. The molecule has 1 N–H and O–H groups in total. The van der Waals surface area contributed by atoms with Crippen molar-refractivity contribution in [2.45, 2.75) is 6.04 Å². The van der Waals surface area contributed by atoms with Gasteiger partial charge < -0.3 is 15.0 Å². The summed E-state index contributed by atoms with van der Waals surface area (Å²) < 4.78 is 18.8. The quantitative estimate of drug-likeness (QED) is 0.843. The molecular formula is C13H15FN2O3. The van der Waals surface area contributed by atoms with E-state index >= 15 is 0 Å². The molecule has 1 aromatic carbocycles. The summed E-state index contributed by atoms with van der Waals surface area (Å²) in [6.45, 7) is 0.735. The Bertz CT molecular complexity index is 493. The fourth-order valence-corrected chi connectivity index (χ4v) is 2.02. The number of halogens is 1. The van der Waals surface area contributed by atoms with Crippen molar-refractivity contribution in [2.24, 2.45) is 0 Å². The number of benzene rings is 1. The molecule has 0 aliphatic carbocycles. The molecule has 1 heterocycles. The van der Waals surface area contributed by atoms with Crippen LogP contribution in [-0.2, 0) is 9.53 Å². The van der Waals surface area contributed by atoms with E-state index in [2.05, 4.69) is 5.32 Å². The van der Waals surface area contributed by atoms with E-state index in [1.54, 1.807) is 6.07 Å². The van der Waals surface area contributed by atoms with Gasteiger partial charge in [0.2, 0.25) is 5.91 Å². The van der Waals surface area contributed by atoms with Crippen LogP contribution in [0.5, 0.6) is 0 Å². The van der Waals surface area contributed by atoms with Gasteiger partial charge in [0, 0.05) is 13.6 Å². The lowest BCUT2D eigenvalue weighted by Gasteiger charge is -2.34. The molecule has 19 heavy (non-hydrogen) atoms. The first-order valence-corrected chi connectivity index (χ1v) is 6.00. The number of morpholine rings is 1. The molecule has 1 saturated heterocycles. The van der Waals surface area contributed by atoms with E-state index in [1.165, 1.54) is 30.1 Å². The van der Waals surface area contributed by atoms with E-state index < -0.39 is 17.8 Å². The van der Waals surface area contributed by atoms with E-state index in [1.807, 2.05) is 0 Å². The topological polar surface area (TPSA) is 58.6 Å². The number of hydrogen-bond acceptors (Lipinski definition) is 3. The molecule has 1 atom stereocenters. The van der Waals surface area contributed by atoms with Crippen LogP contribution in [0, 0.1) is 5.82 Å². The van der Waals surface area contributed by atoms with Crippen molar-refractivity contribution in [3.63, 3.8) is 0 Å². The molecule has 6 heteroatoms. The van der Waals surface area contributed by atoms with Crippen molar-refractivity contribution in [2.75, 3.05) is 26.8 Å². The van der Waals surface area contributed by atoms with E-state index in [0.29, 0.717) is 6.61 Å². The van der Waals surface area contributed by atoms with Gasteiger partial charge >= 0.3 is 0 Å². The molecule has 1 aliphatic heterocycles. The number of amides is 2. The summed E-state index contributed by atoms with van der Waals surface area (Å²) in [6.07, 6.45) is 0.